The molecule has 0 bridgehead atoms. The Morgan fingerprint density at radius 1 is 1.13 bits per heavy atom. The number of amides is 1. The summed E-state index contributed by atoms with van der Waals surface area (Å²) in [5.41, 5.74) is 0.450. The van der Waals surface area contributed by atoms with Crippen LogP contribution in [0, 0.1) is 11.7 Å². The van der Waals surface area contributed by atoms with Gasteiger partial charge in [-0.05, 0) is 60.2 Å². The second kappa shape index (κ2) is 9.17. The highest BCUT2D eigenvalue weighted by molar-refractivity contribution is 7.89. The fraction of sp³-hybridized carbons (Fsp3) is 0.238. The van der Waals surface area contributed by atoms with Crippen molar-refractivity contribution in [2.24, 2.45) is 5.92 Å². The third-order valence-electron chi connectivity index (χ3n) is 4.51. The molecule has 1 heterocycles. The lowest BCUT2D eigenvalue weighted by Crippen LogP contribution is -2.44. The molecule has 3 rings (SSSR count). The summed E-state index contributed by atoms with van der Waals surface area (Å²) in [5, 5.41) is 2.94. The van der Waals surface area contributed by atoms with Crippen LogP contribution in [-0.4, -0.2) is 25.4 Å². The second-order valence-electron chi connectivity index (χ2n) is 7.49. The molecule has 0 aliphatic carbocycles. The number of anilines is 1. The number of rotatable bonds is 7. The molecule has 3 N–H and O–H groups in total. The predicted molar refractivity (Wildman–Crippen MR) is 118 cm³/mol. The normalized spacial score (nSPS) is 12.8. The van der Waals surface area contributed by atoms with Crippen molar-refractivity contribution in [1.82, 2.24) is 9.71 Å². The maximum absolute atomic E-state index is 13.4. The summed E-state index contributed by atoms with van der Waals surface area (Å²) < 4.78 is 41.7. The van der Waals surface area contributed by atoms with Gasteiger partial charge in [0.15, 0.2) is 0 Å². The van der Waals surface area contributed by atoms with Crippen molar-refractivity contribution in [2.45, 2.75) is 31.2 Å². The van der Waals surface area contributed by atoms with Crippen LogP contribution in [0.2, 0.25) is 5.02 Å². The van der Waals surface area contributed by atoms with Crippen LogP contribution in [0.1, 0.15) is 20.3 Å². The highest BCUT2D eigenvalue weighted by atomic mass is 35.5. The summed E-state index contributed by atoms with van der Waals surface area (Å²) in [5.74, 6) is -1.21. The molecule has 7 nitrogen and oxygen atoms in total. The quantitative estimate of drug-likeness (QED) is 0.495. The van der Waals surface area contributed by atoms with Crippen molar-refractivity contribution in [1.29, 1.82) is 0 Å². The Kier molecular flexibility index (Phi) is 6.78. The standard InChI is InChI=1S/C21H21ClFN3O4S/c1-12(2)9-19(21(28)24-14-4-6-17(23)16(22)11-14)26-31(29,30)15-5-7-18-13(10-15)3-8-20(27)25-18/h3-8,10-12,19,26H,9H2,1-2H3,(H,24,28)(H,25,27)/t19-/m0/s1. The van der Waals surface area contributed by atoms with Gasteiger partial charge in [0, 0.05) is 17.3 Å². The van der Waals surface area contributed by atoms with E-state index in [4.69, 9.17) is 11.6 Å². The van der Waals surface area contributed by atoms with Crippen LogP contribution in [0.3, 0.4) is 0 Å². The first-order chi connectivity index (χ1) is 14.5. The monoisotopic (exact) mass is 465 g/mol. The average Bonchev–Trinajstić information content (AvgIpc) is 2.69. The van der Waals surface area contributed by atoms with E-state index in [0.29, 0.717) is 10.9 Å². The van der Waals surface area contributed by atoms with Gasteiger partial charge in [-0.25, -0.2) is 12.8 Å². The summed E-state index contributed by atoms with van der Waals surface area (Å²) in [6.45, 7) is 3.71. The molecule has 0 spiro atoms. The Hall–Kier alpha value is -2.75. The fourth-order valence-electron chi connectivity index (χ4n) is 3.04. The molecule has 164 valence electrons. The van der Waals surface area contributed by atoms with E-state index in [1.54, 1.807) is 0 Å². The minimum atomic E-state index is -4.05. The first-order valence-electron chi connectivity index (χ1n) is 9.46. The number of carbonyl (C=O) groups is 1. The van der Waals surface area contributed by atoms with Gasteiger partial charge in [-0.1, -0.05) is 25.4 Å². The van der Waals surface area contributed by atoms with Crippen molar-refractivity contribution in [2.75, 3.05) is 5.32 Å². The molecule has 0 aliphatic heterocycles. The molecule has 0 saturated heterocycles. The van der Waals surface area contributed by atoms with Crippen LogP contribution in [0.15, 0.2) is 58.2 Å². The Morgan fingerprint density at radius 2 is 1.87 bits per heavy atom. The van der Waals surface area contributed by atoms with Gasteiger partial charge in [-0.3, -0.25) is 9.59 Å². The summed E-state index contributed by atoms with van der Waals surface area (Å²) >= 11 is 5.75. The number of H-pyrrole nitrogens is 1. The number of aromatic amines is 1. The topological polar surface area (TPSA) is 108 Å². The van der Waals surface area contributed by atoms with Gasteiger partial charge in [0.2, 0.25) is 21.5 Å². The molecule has 0 radical (unpaired) electrons. The largest absolute Gasteiger partial charge is 0.325 e. The Bertz CT molecular complexity index is 1290. The number of hydrogen-bond donors (Lipinski definition) is 3. The van der Waals surface area contributed by atoms with Crippen LogP contribution in [0.25, 0.3) is 10.9 Å². The molecule has 1 atom stereocenters. The minimum absolute atomic E-state index is 0.0111. The molecule has 31 heavy (non-hydrogen) atoms. The Labute approximate surface area is 183 Å². The van der Waals surface area contributed by atoms with Crippen molar-refractivity contribution in [3.8, 4) is 0 Å². The minimum Gasteiger partial charge on any atom is -0.325 e. The molecule has 10 heteroatoms. The number of sulfonamides is 1. The second-order valence-corrected chi connectivity index (χ2v) is 9.61. The molecular weight excluding hydrogens is 445 g/mol. The smallest absolute Gasteiger partial charge is 0.248 e. The van der Waals surface area contributed by atoms with Gasteiger partial charge in [0.25, 0.3) is 0 Å². The number of halogens is 2. The van der Waals surface area contributed by atoms with E-state index < -0.39 is 27.8 Å². The molecule has 0 fully saturated rings. The third kappa shape index (κ3) is 5.69. The lowest BCUT2D eigenvalue weighted by molar-refractivity contribution is -0.118. The van der Waals surface area contributed by atoms with Gasteiger partial charge in [-0.2, -0.15) is 4.72 Å². The van der Waals surface area contributed by atoms with E-state index in [1.165, 1.54) is 42.5 Å². The number of fused-ring (bicyclic) bond motifs is 1. The van der Waals surface area contributed by atoms with E-state index in [0.717, 1.165) is 6.07 Å². The first kappa shape index (κ1) is 22.9. The number of pyridine rings is 1. The lowest BCUT2D eigenvalue weighted by Gasteiger charge is -2.20. The molecule has 3 aromatic rings. The zero-order chi connectivity index (χ0) is 22.8. The van der Waals surface area contributed by atoms with Crippen molar-refractivity contribution in [3.05, 3.63) is 69.7 Å². The van der Waals surface area contributed by atoms with E-state index in [1.807, 2.05) is 13.8 Å². The van der Waals surface area contributed by atoms with E-state index in [9.17, 15) is 22.4 Å². The molecule has 0 saturated carbocycles. The zero-order valence-electron chi connectivity index (χ0n) is 16.8. The number of aromatic nitrogens is 1. The summed E-state index contributed by atoms with van der Waals surface area (Å²) in [4.78, 5) is 26.8. The molecule has 2 aromatic carbocycles. The van der Waals surface area contributed by atoms with E-state index in [-0.39, 0.29) is 33.5 Å². The first-order valence-corrected chi connectivity index (χ1v) is 11.3. The van der Waals surface area contributed by atoms with Crippen LogP contribution >= 0.6 is 11.6 Å². The maximum atomic E-state index is 13.4. The van der Waals surface area contributed by atoms with Crippen molar-refractivity contribution < 1.29 is 17.6 Å². The maximum Gasteiger partial charge on any atom is 0.248 e. The van der Waals surface area contributed by atoms with E-state index in [2.05, 4.69) is 15.0 Å². The number of benzene rings is 2. The molecule has 1 aromatic heterocycles. The van der Waals surface area contributed by atoms with Crippen LogP contribution in [0.5, 0.6) is 0 Å². The van der Waals surface area contributed by atoms with Crippen molar-refractivity contribution >= 4 is 44.1 Å². The van der Waals surface area contributed by atoms with Gasteiger partial charge in [0.05, 0.1) is 9.92 Å². The van der Waals surface area contributed by atoms with Gasteiger partial charge in [-0.15, -0.1) is 0 Å². The molecule has 0 aliphatic rings. The summed E-state index contributed by atoms with van der Waals surface area (Å²) in [6.07, 6.45) is 0.237. The Balaban J connectivity index is 1.86. The number of nitrogens with one attached hydrogen (secondary N) is 3. The lowest BCUT2D eigenvalue weighted by atomic mass is 10.0. The number of carbonyl (C=O) groups excluding carboxylic acids is 1. The molecular formula is C21H21ClFN3O4S. The van der Waals surface area contributed by atoms with Crippen LogP contribution in [-0.2, 0) is 14.8 Å². The van der Waals surface area contributed by atoms with Crippen molar-refractivity contribution in [3.63, 3.8) is 0 Å². The summed E-state index contributed by atoms with van der Waals surface area (Å²) in [7, 11) is -4.05. The predicted octanol–water partition coefficient (Wildman–Crippen LogP) is 3.65. The Morgan fingerprint density at radius 3 is 2.55 bits per heavy atom. The molecule has 0 unspecified atom stereocenters. The number of hydrogen-bond acceptors (Lipinski definition) is 4. The zero-order valence-corrected chi connectivity index (χ0v) is 18.4. The molecule has 1 amide bonds. The third-order valence-corrected chi connectivity index (χ3v) is 6.27. The van der Waals surface area contributed by atoms with Crippen LogP contribution in [0.4, 0.5) is 10.1 Å². The van der Waals surface area contributed by atoms with Crippen LogP contribution < -0.4 is 15.6 Å². The summed E-state index contributed by atoms with van der Waals surface area (Å²) in [6, 6.07) is 9.70. The SMILES string of the molecule is CC(C)C[C@H](NS(=O)(=O)c1ccc2[nH]c(=O)ccc2c1)C(=O)Nc1ccc(F)c(Cl)c1. The van der Waals surface area contributed by atoms with E-state index >= 15 is 0 Å². The highest BCUT2D eigenvalue weighted by Gasteiger charge is 2.27. The van der Waals surface area contributed by atoms with Gasteiger partial charge >= 0.3 is 0 Å². The van der Waals surface area contributed by atoms with Gasteiger partial charge in [0.1, 0.15) is 11.9 Å². The van der Waals surface area contributed by atoms with Gasteiger partial charge < -0.3 is 10.3 Å². The fourth-order valence-corrected chi connectivity index (χ4v) is 4.46. The average molecular weight is 466 g/mol. The highest BCUT2D eigenvalue weighted by Crippen LogP contribution is 2.21.